The highest BCUT2D eigenvalue weighted by molar-refractivity contribution is 5.92. The number of hydrogen-bond donors (Lipinski definition) is 1. The highest BCUT2D eigenvalue weighted by Crippen LogP contribution is 2.28. The molecule has 1 aliphatic heterocycles. The molecule has 0 spiro atoms. The van der Waals surface area contributed by atoms with Crippen LogP contribution in [-0.2, 0) is 0 Å². The van der Waals surface area contributed by atoms with Crippen LogP contribution in [0.3, 0.4) is 0 Å². The summed E-state index contributed by atoms with van der Waals surface area (Å²) in [7, 11) is 0. The Labute approximate surface area is 179 Å². The topological polar surface area (TPSA) is 61.9 Å². The van der Waals surface area contributed by atoms with Gasteiger partial charge < -0.3 is 4.90 Å². The molecule has 158 valence electrons. The Morgan fingerprint density at radius 1 is 1.40 bits per heavy atom. The lowest BCUT2D eigenvalue weighted by Gasteiger charge is -2.15. The minimum atomic E-state index is -0.00204. The van der Waals surface area contributed by atoms with Gasteiger partial charge in [-0.25, -0.2) is 0 Å². The van der Waals surface area contributed by atoms with Crippen LogP contribution < -0.4 is 0 Å². The maximum Gasteiger partial charge on any atom is 0.274 e. The molecular formula is C25H32N4O. The molecule has 2 aromatic rings. The van der Waals surface area contributed by atoms with Crippen LogP contribution in [0.25, 0.3) is 5.57 Å². The van der Waals surface area contributed by atoms with E-state index in [4.69, 9.17) is 4.98 Å². The number of hydrogen-bond acceptors (Lipinski definition) is 3. The van der Waals surface area contributed by atoms with Crippen LogP contribution in [0.1, 0.15) is 79.3 Å². The van der Waals surface area contributed by atoms with Gasteiger partial charge in [-0.1, -0.05) is 51.1 Å². The Bertz CT molecular complexity index is 921. The molecule has 2 aromatic heterocycles. The third-order valence-corrected chi connectivity index (χ3v) is 5.48. The SMILES string of the molecule is C=CCC=C/C(=C\CC)c1ccc(C2CCN(C(=O)c3cc(C(C)C)[nH]n3)C2)nc1. The molecule has 1 aliphatic rings. The zero-order chi connectivity index (χ0) is 21.5. The normalized spacial score (nSPS) is 17.3. The fourth-order valence-corrected chi connectivity index (χ4v) is 3.70. The van der Waals surface area contributed by atoms with Crippen molar-refractivity contribution in [2.45, 2.75) is 51.9 Å². The summed E-state index contributed by atoms with van der Waals surface area (Å²) in [5.74, 6) is 0.588. The molecule has 5 heteroatoms. The van der Waals surface area contributed by atoms with Crippen LogP contribution in [0.4, 0.5) is 0 Å². The molecule has 1 N–H and O–H groups in total. The van der Waals surface area contributed by atoms with Crippen molar-refractivity contribution >= 4 is 11.5 Å². The summed E-state index contributed by atoms with van der Waals surface area (Å²) in [6.07, 6.45) is 13.0. The van der Waals surface area contributed by atoms with E-state index in [1.54, 1.807) is 0 Å². The van der Waals surface area contributed by atoms with E-state index in [2.05, 4.69) is 67.9 Å². The van der Waals surface area contributed by atoms with Crippen molar-refractivity contribution in [1.29, 1.82) is 0 Å². The second kappa shape index (κ2) is 10.2. The highest BCUT2D eigenvalue weighted by atomic mass is 16.2. The predicted octanol–water partition coefficient (Wildman–Crippen LogP) is 5.48. The van der Waals surface area contributed by atoms with Crippen molar-refractivity contribution in [3.05, 3.63) is 77.9 Å². The van der Waals surface area contributed by atoms with Crippen LogP contribution in [0.5, 0.6) is 0 Å². The number of aromatic nitrogens is 3. The first-order valence-electron chi connectivity index (χ1n) is 10.8. The third kappa shape index (κ3) is 5.15. The largest absolute Gasteiger partial charge is 0.337 e. The van der Waals surface area contributed by atoms with Gasteiger partial charge >= 0.3 is 0 Å². The van der Waals surface area contributed by atoms with E-state index in [1.807, 2.05) is 23.2 Å². The molecule has 3 heterocycles. The van der Waals surface area contributed by atoms with Crippen LogP contribution in [-0.4, -0.2) is 39.1 Å². The standard InChI is InChI=1S/C25H32N4O/c1-5-7-8-10-19(9-6-2)20-11-12-22(26-16-20)21-13-14-29(17-21)25(30)24-15-23(18(3)4)27-28-24/h5,8-12,15-16,18,21H,1,6-7,13-14,17H2,2-4H3,(H,27,28)/b10-8?,19-9+. The van der Waals surface area contributed by atoms with Gasteiger partial charge in [-0.2, -0.15) is 5.10 Å². The first-order chi connectivity index (χ1) is 14.5. The van der Waals surface area contributed by atoms with Gasteiger partial charge in [-0.15, -0.1) is 6.58 Å². The monoisotopic (exact) mass is 404 g/mol. The Kier molecular flexibility index (Phi) is 7.39. The van der Waals surface area contributed by atoms with E-state index >= 15 is 0 Å². The first kappa shape index (κ1) is 21.8. The molecule has 0 bridgehead atoms. The van der Waals surface area contributed by atoms with Gasteiger partial charge in [0, 0.05) is 36.6 Å². The summed E-state index contributed by atoms with van der Waals surface area (Å²) in [5.41, 5.74) is 4.84. The Morgan fingerprint density at radius 2 is 2.23 bits per heavy atom. The van der Waals surface area contributed by atoms with Crippen LogP contribution in [0, 0.1) is 0 Å². The Hall–Kier alpha value is -2.95. The van der Waals surface area contributed by atoms with E-state index in [1.165, 1.54) is 5.57 Å². The molecular weight excluding hydrogens is 372 g/mol. The van der Waals surface area contributed by atoms with E-state index in [0.717, 1.165) is 42.8 Å². The number of H-pyrrole nitrogens is 1. The minimum Gasteiger partial charge on any atom is -0.337 e. The zero-order valence-electron chi connectivity index (χ0n) is 18.3. The number of pyridine rings is 1. The highest BCUT2D eigenvalue weighted by Gasteiger charge is 2.30. The fraction of sp³-hybridized carbons (Fsp3) is 0.400. The molecule has 1 unspecified atom stereocenters. The van der Waals surface area contributed by atoms with Crippen LogP contribution >= 0.6 is 0 Å². The molecule has 1 fully saturated rings. The second-order valence-electron chi connectivity index (χ2n) is 8.07. The van der Waals surface area contributed by atoms with Gasteiger partial charge in [0.05, 0.1) is 0 Å². The molecule has 1 amide bonds. The number of rotatable bonds is 8. The smallest absolute Gasteiger partial charge is 0.274 e. The number of likely N-dealkylation sites (tertiary alicyclic amines) is 1. The predicted molar refractivity (Wildman–Crippen MR) is 122 cm³/mol. The lowest BCUT2D eigenvalue weighted by atomic mass is 10.0. The summed E-state index contributed by atoms with van der Waals surface area (Å²) < 4.78 is 0. The van der Waals surface area contributed by atoms with Crippen molar-refractivity contribution < 1.29 is 4.79 Å². The summed E-state index contributed by atoms with van der Waals surface area (Å²) in [6, 6.07) is 6.11. The van der Waals surface area contributed by atoms with Crippen molar-refractivity contribution in [2.24, 2.45) is 0 Å². The van der Waals surface area contributed by atoms with E-state index in [0.29, 0.717) is 18.2 Å². The maximum atomic E-state index is 12.8. The molecule has 1 atom stereocenters. The molecule has 0 aromatic carbocycles. The second-order valence-corrected chi connectivity index (χ2v) is 8.07. The Balaban J connectivity index is 1.66. The summed E-state index contributed by atoms with van der Waals surface area (Å²) in [4.78, 5) is 19.4. The molecule has 0 radical (unpaired) electrons. The van der Waals surface area contributed by atoms with Crippen molar-refractivity contribution in [2.75, 3.05) is 13.1 Å². The summed E-state index contributed by atoms with van der Waals surface area (Å²) in [6.45, 7) is 11.5. The molecule has 30 heavy (non-hydrogen) atoms. The minimum absolute atomic E-state index is 0.00204. The van der Waals surface area contributed by atoms with Crippen LogP contribution in [0.15, 0.2) is 55.3 Å². The van der Waals surface area contributed by atoms with Gasteiger partial charge in [0.15, 0.2) is 0 Å². The average molecular weight is 405 g/mol. The van der Waals surface area contributed by atoms with Crippen molar-refractivity contribution in [1.82, 2.24) is 20.1 Å². The quantitative estimate of drug-likeness (QED) is 0.468. The van der Waals surface area contributed by atoms with E-state index in [-0.39, 0.29) is 11.8 Å². The molecule has 1 saturated heterocycles. The zero-order valence-corrected chi connectivity index (χ0v) is 18.3. The summed E-state index contributed by atoms with van der Waals surface area (Å²) in [5, 5.41) is 7.18. The Morgan fingerprint density at radius 3 is 2.87 bits per heavy atom. The van der Waals surface area contributed by atoms with Crippen LogP contribution in [0.2, 0.25) is 0 Å². The van der Waals surface area contributed by atoms with E-state index in [9.17, 15) is 4.79 Å². The van der Waals surface area contributed by atoms with Gasteiger partial charge in [0.25, 0.3) is 5.91 Å². The third-order valence-electron chi connectivity index (χ3n) is 5.48. The van der Waals surface area contributed by atoms with Gasteiger partial charge in [-0.3, -0.25) is 14.9 Å². The van der Waals surface area contributed by atoms with Gasteiger partial charge in [0.2, 0.25) is 0 Å². The molecule has 0 saturated carbocycles. The number of nitrogens with one attached hydrogen (secondary N) is 1. The number of allylic oxidation sites excluding steroid dienone is 5. The van der Waals surface area contributed by atoms with Gasteiger partial charge in [0.1, 0.15) is 5.69 Å². The molecule has 5 nitrogen and oxygen atoms in total. The van der Waals surface area contributed by atoms with E-state index < -0.39 is 0 Å². The summed E-state index contributed by atoms with van der Waals surface area (Å²) >= 11 is 0. The van der Waals surface area contributed by atoms with Crippen molar-refractivity contribution in [3.63, 3.8) is 0 Å². The van der Waals surface area contributed by atoms with Crippen molar-refractivity contribution in [3.8, 4) is 0 Å². The average Bonchev–Trinajstić information content (AvgIpc) is 3.43. The molecule has 3 rings (SSSR count). The first-order valence-corrected chi connectivity index (χ1v) is 10.8. The number of nitrogens with zero attached hydrogens (tertiary/aromatic N) is 3. The van der Waals surface area contributed by atoms with Gasteiger partial charge in [-0.05, 0) is 48.4 Å². The molecule has 0 aliphatic carbocycles. The maximum absolute atomic E-state index is 12.8. The number of carbonyl (C=O) groups excluding carboxylic acids is 1. The lowest BCUT2D eigenvalue weighted by Crippen LogP contribution is -2.28. The number of aromatic amines is 1. The fourth-order valence-electron chi connectivity index (χ4n) is 3.70. The lowest BCUT2D eigenvalue weighted by molar-refractivity contribution is 0.0785. The number of amides is 1. The number of carbonyl (C=O) groups is 1.